The van der Waals surface area contributed by atoms with Gasteiger partial charge in [-0.1, -0.05) is 17.7 Å². The average Bonchev–Trinajstić information content (AvgIpc) is 2.29. The van der Waals surface area contributed by atoms with Gasteiger partial charge in [0.15, 0.2) is 0 Å². The molecule has 1 rings (SSSR count). The van der Waals surface area contributed by atoms with E-state index in [0.29, 0.717) is 17.1 Å². The second-order valence-corrected chi connectivity index (χ2v) is 6.47. The van der Waals surface area contributed by atoms with E-state index in [1.807, 2.05) is 14.0 Å². The smallest absolute Gasteiger partial charge is 0.232 e. The van der Waals surface area contributed by atoms with Crippen molar-refractivity contribution in [1.82, 2.24) is 5.32 Å². The molecule has 1 aromatic rings. The Hall–Kier alpha value is -0.780. The van der Waals surface area contributed by atoms with Gasteiger partial charge < -0.3 is 5.32 Å². The third-order valence-electron chi connectivity index (χ3n) is 2.55. The van der Waals surface area contributed by atoms with Gasteiger partial charge in [-0.3, -0.25) is 4.72 Å². The SMILES string of the molecule is CNCCCCS(=O)(=O)Nc1cc(Cl)ccc1C. The van der Waals surface area contributed by atoms with E-state index < -0.39 is 10.0 Å². The highest BCUT2D eigenvalue weighted by Gasteiger charge is 2.11. The van der Waals surface area contributed by atoms with E-state index in [4.69, 9.17) is 11.6 Å². The van der Waals surface area contributed by atoms with Gasteiger partial charge in [-0.25, -0.2) is 8.42 Å². The zero-order valence-electron chi connectivity index (χ0n) is 10.7. The zero-order chi connectivity index (χ0) is 13.6. The van der Waals surface area contributed by atoms with Crippen molar-refractivity contribution in [2.45, 2.75) is 19.8 Å². The number of anilines is 1. The highest BCUT2D eigenvalue weighted by atomic mass is 35.5. The molecule has 102 valence electrons. The molecule has 0 heterocycles. The minimum absolute atomic E-state index is 0.126. The summed E-state index contributed by atoms with van der Waals surface area (Å²) in [6.45, 7) is 2.67. The van der Waals surface area contributed by atoms with Crippen molar-refractivity contribution in [2.75, 3.05) is 24.1 Å². The maximum Gasteiger partial charge on any atom is 0.232 e. The van der Waals surface area contributed by atoms with Crippen LogP contribution in [0, 0.1) is 6.92 Å². The minimum atomic E-state index is -3.29. The van der Waals surface area contributed by atoms with Crippen molar-refractivity contribution in [2.24, 2.45) is 0 Å². The number of sulfonamides is 1. The summed E-state index contributed by atoms with van der Waals surface area (Å²) in [5.74, 6) is 0.126. The first kappa shape index (κ1) is 15.3. The van der Waals surface area contributed by atoms with Gasteiger partial charge in [0, 0.05) is 5.02 Å². The topological polar surface area (TPSA) is 58.2 Å². The first-order valence-corrected chi connectivity index (χ1v) is 7.89. The molecule has 0 saturated heterocycles. The van der Waals surface area contributed by atoms with Crippen LogP contribution in [0.15, 0.2) is 18.2 Å². The molecule has 6 heteroatoms. The summed E-state index contributed by atoms with van der Waals surface area (Å²) >= 11 is 5.85. The van der Waals surface area contributed by atoms with Crippen LogP contribution in [0.25, 0.3) is 0 Å². The Bertz CT molecular complexity index is 489. The van der Waals surface area contributed by atoms with E-state index in [2.05, 4.69) is 10.0 Å². The first-order valence-electron chi connectivity index (χ1n) is 5.86. The van der Waals surface area contributed by atoms with Crippen LogP contribution in [0.3, 0.4) is 0 Å². The lowest BCUT2D eigenvalue weighted by atomic mass is 10.2. The van der Waals surface area contributed by atoms with Crippen molar-refractivity contribution in [3.05, 3.63) is 28.8 Å². The Morgan fingerprint density at radius 3 is 2.67 bits per heavy atom. The second-order valence-electron chi connectivity index (χ2n) is 4.19. The maximum absolute atomic E-state index is 11.9. The van der Waals surface area contributed by atoms with Crippen LogP contribution >= 0.6 is 11.6 Å². The Kier molecular flexibility index (Phi) is 5.91. The molecule has 2 N–H and O–H groups in total. The fraction of sp³-hybridized carbons (Fsp3) is 0.500. The standard InChI is InChI=1S/C12H19ClN2O2S/c1-10-5-6-11(13)9-12(10)15-18(16,17)8-4-3-7-14-2/h5-6,9,14-15H,3-4,7-8H2,1-2H3. The van der Waals surface area contributed by atoms with Crippen LogP contribution in [0.2, 0.25) is 5.02 Å². The summed E-state index contributed by atoms with van der Waals surface area (Å²) in [5.41, 5.74) is 1.41. The van der Waals surface area contributed by atoms with Gasteiger partial charge in [0.2, 0.25) is 10.0 Å². The lowest BCUT2D eigenvalue weighted by molar-refractivity contribution is 0.595. The molecule has 1 aromatic carbocycles. The second kappa shape index (κ2) is 6.97. The van der Waals surface area contributed by atoms with Crippen molar-refractivity contribution in [1.29, 1.82) is 0 Å². The number of nitrogens with one attached hydrogen (secondary N) is 2. The Labute approximate surface area is 114 Å². The van der Waals surface area contributed by atoms with Gasteiger partial charge in [0.05, 0.1) is 11.4 Å². The number of hydrogen-bond donors (Lipinski definition) is 2. The number of hydrogen-bond acceptors (Lipinski definition) is 3. The molecule has 0 amide bonds. The number of aryl methyl sites for hydroxylation is 1. The fourth-order valence-corrected chi connectivity index (χ4v) is 2.93. The van der Waals surface area contributed by atoms with Crippen molar-refractivity contribution < 1.29 is 8.42 Å². The highest BCUT2D eigenvalue weighted by molar-refractivity contribution is 7.92. The summed E-state index contributed by atoms with van der Waals surface area (Å²) in [6, 6.07) is 5.16. The summed E-state index contributed by atoms with van der Waals surface area (Å²) in [7, 11) is -1.44. The van der Waals surface area contributed by atoms with Crippen LogP contribution in [0.1, 0.15) is 18.4 Å². The highest BCUT2D eigenvalue weighted by Crippen LogP contribution is 2.21. The van der Waals surface area contributed by atoms with Crippen LogP contribution < -0.4 is 10.0 Å². The number of halogens is 1. The van der Waals surface area contributed by atoms with Crippen molar-refractivity contribution in [3.63, 3.8) is 0 Å². The van der Waals surface area contributed by atoms with E-state index in [1.54, 1.807) is 18.2 Å². The third kappa shape index (κ3) is 5.25. The van der Waals surface area contributed by atoms with Crippen LogP contribution in [0.5, 0.6) is 0 Å². The Morgan fingerprint density at radius 2 is 2.00 bits per heavy atom. The van der Waals surface area contributed by atoms with E-state index >= 15 is 0 Å². The summed E-state index contributed by atoms with van der Waals surface area (Å²) in [6.07, 6.45) is 1.47. The van der Waals surface area contributed by atoms with Crippen LogP contribution in [-0.4, -0.2) is 27.8 Å². The lowest BCUT2D eigenvalue weighted by Crippen LogP contribution is -2.18. The number of benzene rings is 1. The first-order chi connectivity index (χ1) is 8.44. The third-order valence-corrected chi connectivity index (χ3v) is 4.15. The summed E-state index contributed by atoms with van der Waals surface area (Å²) in [5, 5.41) is 3.51. The van der Waals surface area contributed by atoms with E-state index in [9.17, 15) is 8.42 Å². The molecule has 4 nitrogen and oxygen atoms in total. The predicted octanol–water partition coefficient (Wildman–Crippen LogP) is 2.39. The number of rotatable bonds is 7. The van der Waals surface area contributed by atoms with E-state index in [0.717, 1.165) is 18.5 Å². The maximum atomic E-state index is 11.9. The van der Waals surface area contributed by atoms with Crippen LogP contribution in [-0.2, 0) is 10.0 Å². The molecule has 0 saturated carbocycles. The van der Waals surface area contributed by atoms with Crippen LogP contribution in [0.4, 0.5) is 5.69 Å². The monoisotopic (exact) mass is 290 g/mol. The Balaban J connectivity index is 2.62. The summed E-state index contributed by atoms with van der Waals surface area (Å²) < 4.78 is 26.3. The molecule has 0 unspecified atom stereocenters. The van der Waals surface area contributed by atoms with Gasteiger partial charge in [-0.05, 0) is 51.1 Å². The van der Waals surface area contributed by atoms with Gasteiger partial charge in [-0.15, -0.1) is 0 Å². The molecule has 0 aromatic heterocycles. The summed E-state index contributed by atoms with van der Waals surface area (Å²) in [4.78, 5) is 0. The predicted molar refractivity (Wildman–Crippen MR) is 76.8 cm³/mol. The molecule has 0 spiro atoms. The molecule has 0 atom stereocenters. The molecule has 0 radical (unpaired) electrons. The number of unbranched alkanes of at least 4 members (excludes halogenated alkanes) is 1. The molecule has 0 aliphatic heterocycles. The van der Waals surface area contributed by atoms with Gasteiger partial charge in [-0.2, -0.15) is 0 Å². The largest absolute Gasteiger partial charge is 0.320 e. The minimum Gasteiger partial charge on any atom is -0.320 e. The molecular weight excluding hydrogens is 272 g/mol. The average molecular weight is 291 g/mol. The molecule has 0 fully saturated rings. The lowest BCUT2D eigenvalue weighted by Gasteiger charge is -2.10. The Morgan fingerprint density at radius 1 is 1.28 bits per heavy atom. The zero-order valence-corrected chi connectivity index (χ0v) is 12.2. The quantitative estimate of drug-likeness (QED) is 0.758. The molecular formula is C12H19ClN2O2S. The van der Waals surface area contributed by atoms with E-state index in [-0.39, 0.29) is 5.75 Å². The van der Waals surface area contributed by atoms with Gasteiger partial charge >= 0.3 is 0 Å². The van der Waals surface area contributed by atoms with E-state index in [1.165, 1.54) is 0 Å². The molecule has 0 bridgehead atoms. The van der Waals surface area contributed by atoms with Crippen molar-refractivity contribution >= 4 is 27.3 Å². The van der Waals surface area contributed by atoms with Crippen molar-refractivity contribution in [3.8, 4) is 0 Å². The fourth-order valence-electron chi connectivity index (χ4n) is 1.52. The molecule has 0 aliphatic carbocycles. The van der Waals surface area contributed by atoms with Gasteiger partial charge in [0.25, 0.3) is 0 Å². The molecule has 0 aliphatic rings. The van der Waals surface area contributed by atoms with Gasteiger partial charge in [0.1, 0.15) is 0 Å². The normalized spacial score (nSPS) is 11.5. The molecule has 18 heavy (non-hydrogen) atoms.